The van der Waals surface area contributed by atoms with Gasteiger partial charge in [0.15, 0.2) is 11.5 Å². The van der Waals surface area contributed by atoms with Gasteiger partial charge in [-0.1, -0.05) is 0 Å². The molecule has 1 amide bonds. The number of nitrogens with zero attached hydrogens (tertiary/aromatic N) is 2. The number of nitrogen functional groups attached to an aromatic ring is 1. The number of aryl methyl sites for hydroxylation is 1. The van der Waals surface area contributed by atoms with Crippen molar-refractivity contribution in [1.29, 1.82) is 0 Å². The van der Waals surface area contributed by atoms with E-state index in [4.69, 9.17) is 15.2 Å². The van der Waals surface area contributed by atoms with Crippen molar-refractivity contribution in [2.24, 2.45) is 7.05 Å². The fourth-order valence-corrected chi connectivity index (χ4v) is 2.16. The minimum atomic E-state index is -0.318. The van der Waals surface area contributed by atoms with Gasteiger partial charge >= 0.3 is 0 Å². The van der Waals surface area contributed by atoms with Gasteiger partial charge in [0, 0.05) is 25.2 Å². The van der Waals surface area contributed by atoms with Gasteiger partial charge in [-0.05, 0) is 12.1 Å². The van der Waals surface area contributed by atoms with E-state index in [-0.39, 0.29) is 5.91 Å². The highest BCUT2D eigenvalue weighted by Crippen LogP contribution is 2.32. The third kappa shape index (κ3) is 2.62. The molecule has 0 aliphatic carbocycles. The molecule has 7 heteroatoms. The lowest BCUT2D eigenvalue weighted by Gasteiger charge is -2.10. The van der Waals surface area contributed by atoms with Crippen molar-refractivity contribution in [3.63, 3.8) is 0 Å². The summed E-state index contributed by atoms with van der Waals surface area (Å²) in [5.74, 6) is 0.996. The molecular weight excluding hydrogens is 272 g/mol. The molecule has 1 aromatic carbocycles. The Bertz CT molecular complexity index is 661. The zero-order valence-corrected chi connectivity index (χ0v) is 11.6. The minimum absolute atomic E-state index is 0.318. The molecule has 1 aliphatic rings. The standard InChI is InChI=1S/C14H16N4O3/c1-18-13(10(15)8-16-18)14(19)17-9-3-4-11-12(7-9)21-6-2-5-20-11/h3-4,7-8H,2,5-6,15H2,1H3,(H,17,19). The first-order valence-electron chi connectivity index (χ1n) is 6.63. The summed E-state index contributed by atoms with van der Waals surface area (Å²) >= 11 is 0. The Morgan fingerprint density at radius 3 is 2.81 bits per heavy atom. The Labute approximate surface area is 121 Å². The first-order chi connectivity index (χ1) is 10.1. The van der Waals surface area contributed by atoms with Gasteiger partial charge in [0.05, 0.1) is 25.1 Å². The van der Waals surface area contributed by atoms with E-state index >= 15 is 0 Å². The lowest BCUT2D eigenvalue weighted by Crippen LogP contribution is -2.17. The number of benzene rings is 1. The predicted molar refractivity (Wildman–Crippen MR) is 77.6 cm³/mol. The van der Waals surface area contributed by atoms with Gasteiger partial charge in [0.25, 0.3) is 5.91 Å². The molecule has 0 fully saturated rings. The van der Waals surface area contributed by atoms with Crippen LogP contribution >= 0.6 is 0 Å². The second kappa shape index (κ2) is 5.35. The molecular formula is C14H16N4O3. The Kier molecular flexibility index (Phi) is 3.39. The van der Waals surface area contributed by atoms with Crippen molar-refractivity contribution in [1.82, 2.24) is 9.78 Å². The van der Waals surface area contributed by atoms with Crippen LogP contribution in [-0.2, 0) is 7.05 Å². The third-order valence-corrected chi connectivity index (χ3v) is 3.19. The summed E-state index contributed by atoms with van der Waals surface area (Å²) in [5.41, 5.74) is 7.01. The number of nitrogens with two attached hydrogens (primary N) is 1. The molecule has 0 saturated heterocycles. The number of rotatable bonds is 2. The average molecular weight is 288 g/mol. The number of anilines is 2. The number of ether oxygens (including phenoxy) is 2. The summed E-state index contributed by atoms with van der Waals surface area (Å²) < 4.78 is 12.6. The number of hydrogen-bond donors (Lipinski definition) is 2. The second-order valence-corrected chi connectivity index (χ2v) is 4.74. The summed E-state index contributed by atoms with van der Waals surface area (Å²) in [4.78, 5) is 12.2. The molecule has 0 saturated carbocycles. The zero-order valence-electron chi connectivity index (χ0n) is 11.6. The fraction of sp³-hybridized carbons (Fsp3) is 0.286. The van der Waals surface area contributed by atoms with E-state index in [2.05, 4.69) is 10.4 Å². The number of carbonyl (C=O) groups excluding carboxylic acids is 1. The summed E-state index contributed by atoms with van der Waals surface area (Å²) in [6, 6.07) is 5.28. The molecule has 1 aromatic heterocycles. The highest BCUT2D eigenvalue weighted by molar-refractivity contribution is 6.06. The maximum absolute atomic E-state index is 12.2. The average Bonchev–Trinajstić information content (AvgIpc) is 2.67. The van der Waals surface area contributed by atoms with Crippen molar-refractivity contribution in [2.45, 2.75) is 6.42 Å². The number of aromatic nitrogens is 2. The first-order valence-corrected chi connectivity index (χ1v) is 6.63. The van der Waals surface area contributed by atoms with E-state index in [0.29, 0.717) is 41.8 Å². The molecule has 0 spiro atoms. The number of amides is 1. The molecule has 2 heterocycles. The van der Waals surface area contributed by atoms with Crippen molar-refractivity contribution in [3.05, 3.63) is 30.1 Å². The molecule has 0 atom stereocenters. The molecule has 3 N–H and O–H groups in total. The lowest BCUT2D eigenvalue weighted by molar-refractivity contribution is 0.101. The van der Waals surface area contributed by atoms with Crippen molar-refractivity contribution >= 4 is 17.3 Å². The molecule has 2 aromatic rings. The van der Waals surface area contributed by atoms with Crippen molar-refractivity contribution in [2.75, 3.05) is 24.3 Å². The summed E-state index contributed by atoms with van der Waals surface area (Å²) in [5, 5.41) is 6.73. The monoisotopic (exact) mass is 288 g/mol. The molecule has 21 heavy (non-hydrogen) atoms. The van der Waals surface area contributed by atoms with Gasteiger partial charge < -0.3 is 20.5 Å². The van der Waals surface area contributed by atoms with E-state index < -0.39 is 0 Å². The Morgan fingerprint density at radius 2 is 2.10 bits per heavy atom. The van der Waals surface area contributed by atoms with E-state index in [1.807, 2.05) is 0 Å². The lowest BCUT2D eigenvalue weighted by atomic mass is 10.2. The normalized spacial score (nSPS) is 13.6. The van der Waals surface area contributed by atoms with Gasteiger partial charge in [-0.3, -0.25) is 9.48 Å². The number of nitrogens with one attached hydrogen (secondary N) is 1. The maximum Gasteiger partial charge on any atom is 0.276 e. The summed E-state index contributed by atoms with van der Waals surface area (Å²) in [6.45, 7) is 1.23. The van der Waals surface area contributed by atoms with Crippen LogP contribution < -0.4 is 20.5 Å². The molecule has 7 nitrogen and oxygen atoms in total. The van der Waals surface area contributed by atoms with E-state index in [1.165, 1.54) is 10.9 Å². The van der Waals surface area contributed by atoms with Gasteiger partial charge in [0.2, 0.25) is 0 Å². The van der Waals surface area contributed by atoms with Crippen molar-refractivity contribution in [3.8, 4) is 11.5 Å². The van der Waals surface area contributed by atoms with Gasteiger partial charge in [0.1, 0.15) is 5.69 Å². The molecule has 0 bridgehead atoms. The summed E-state index contributed by atoms with van der Waals surface area (Å²) in [6.07, 6.45) is 2.28. The Morgan fingerprint density at radius 1 is 1.33 bits per heavy atom. The molecule has 110 valence electrons. The zero-order chi connectivity index (χ0) is 14.8. The smallest absolute Gasteiger partial charge is 0.276 e. The van der Waals surface area contributed by atoms with Crippen LogP contribution in [0.2, 0.25) is 0 Å². The van der Waals surface area contributed by atoms with E-state index in [9.17, 15) is 4.79 Å². The third-order valence-electron chi connectivity index (χ3n) is 3.19. The van der Waals surface area contributed by atoms with Crippen LogP contribution in [0.5, 0.6) is 11.5 Å². The topological polar surface area (TPSA) is 91.4 Å². The maximum atomic E-state index is 12.2. The van der Waals surface area contributed by atoms with Crippen LogP contribution in [0.3, 0.4) is 0 Å². The van der Waals surface area contributed by atoms with Crippen LogP contribution in [0, 0.1) is 0 Å². The van der Waals surface area contributed by atoms with Gasteiger partial charge in [-0.2, -0.15) is 5.10 Å². The molecule has 1 aliphatic heterocycles. The molecule has 0 radical (unpaired) electrons. The SMILES string of the molecule is Cn1ncc(N)c1C(=O)Nc1ccc2c(c1)OCCCO2. The highest BCUT2D eigenvalue weighted by atomic mass is 16.5. The quantitative estimate of drug-likeness (QED) is 0.872. The predicted octanol–water partition coefficient (Wildman–Crippen LogP) is 1.42. The van der Waals surface area contributed by atoms with Crippen LogP contribution in [0.15, 0.2) is 24.4 Å². The molecule has 0 unspecified atom stereocenters. The fourth-order valence-electron chi connectivity index (χ4n) is 2.16. The Balaban J connectivity index is 1.82. The number of hydrogen-bond acceptors (Lipinski definition) is 5. The van der Waals surface area contributed by atoms with E-state index in [1.54, 1.807) is 25.2 Å². The minimum Gasteiger partial charge on any atom is -0.490 e. The largest absolute Gasteiger partial charge is 0.490 e. The van der Waals surface area contributed by atoms with E-state index in [0.717, 1.165) is 6.42 Å². The van der Waals surface area contributed by atoms with Crippen LogP contribution in [0.25, 0.3) is 0 Å². The highest BCUT2D eigenvalue weighted by Gasteiger charge is 2.16. The molecule has 3 rings (SSSR count). The van der Waals surface area contributed by atoms with Gasteiger partial charge in [-0.25, -0.2) is 0 Å². The van der Waals surface area contributed by atoms with Gasteiger partial charge in [-0.15, -0.1) is 0 Å². The van der Waals surface area contributed by atoms with Crippen molar-refractivity contribution < 1.29 is 14.3 Å². The first kappa shape index (κ1) is 13.3. The van der Waals surface area contributed by atoms with Crippen LogP contribution in [-0.4, -0.2) is 28.9 Å². The number of carbonyl (C=O) groups is 1. The number of fused-ring (bicyclic) bond motifs is 1. The van der Waals surface area contributed by atoms with Crippen LogP contribution in [0.4, 0.5) is 11.4 Å². The summed E-state index contributed by atoms with van der Waals surface area (Å²) in [7, 11) is 1.67. The van der Waals surface area contributed by atoms with Crippen LogP contribution in [0.1, 0.15) is 16.9 Å². The second-order valence-electron chi connectivity index (χ2n) is 4.74. The Hall–Kier alpha value is -2.70.